The van der Waals surface area contributed by atoms with Crippen LogP contribution in [0.15, 0.2) is 18.2 Å². The van der Waals surface area contributed by atoms with Crippen LogP contribution >= 0.6 is 0 Å². The van der Waals surface area contributed by atoms with E-state index >= 15 is 0 Å². The van der Waals surface area contributed by atoms with Crippen molar-refractivity contribution in [2.75, 3.05) is 29.9 Å². The molecule has 1 aliphatic rings. The van der Waals surface area contributed by atoms with E-state index in [4.69, 9.17) is 0 Å². The quantitative estimate of drug-likeness (QED) is 0.847. The number of aromatic nitrogens is 1. The van der Waals surface area contributed by atoms with Crippen molar-refractivity contribution < 1.29 is 0 Å². The summed E-state index contributed by atoms with van der Waals surface area (Å²) < 4.78 is 0. The summed E-state index contributed by atoms with van der Waals surface area (Å²) in [7, 11) is 0. The molecule has 0 spiro atoms. The summed E-state index contributed by atoms with van der Waals surface area (Å²) in [4.78, 5) is 7.07. The van der Waals surface area contributed by atoms with Gasteiger partial charge in [-0.3, -0.25) is 0 Å². The van der Waals surface area contributed by atoms with E-state index in [0.29, 0.717) is 0 Å². The number of hydrogen-bond donors (Lipinski definition) is 1. The predicted molar refractivity (Wildman–Crippen MR) is 73.6 cm³/mol. The van der Waals surface area contributed by atoms with E-state index in [2.05, 4.69) is 41.2 Å². The summed E-state index contributed by atoms with van der Waals surface area (Å²) in [6.45, 7) is 7.63. The molecule has 0 saturated carbocycles. The number of pyridine rings is 1. The average Bonchev–Trinajstić information content (AvgIpc) is 2.79. The first-order valence-electron chi connectivity index (χ1n) is 6.79. The van der Waals surface area contributed by atoms with Crippen LogP contribution in [-0.4, -0.2) is 24.6 Å². The summed E-state index contributed by atoms with van der Waals surface area (Å²) in [6, 6.07) is 6.25. The molecule has 0 radical (unpaired) electrons. The van der Waals surface area contributed by atoms with Crippen LogP contribution in [0.5, 0.6) is 0 Å². The van der Waals surface area contributed by atoms with Gasteiger partial charge in [0.2, 0.25) is 0 Å². The van der Waals surface area contributed by atoms with Crippen molar-refractivity contribution in [1.82, 2.24) is 4.98 Å². The molecule has 1 fully saturated rings. The van der Waals surface area contributed by atoms with Gasteiger partial charge in [0.1, 0.15) is 11.6 Å². The molecule has 2 rings (SSSR count). The lowest BCUT2D eigenvalue weighted by atomic mass is 10.0. The van der Waals surface area contributed by atoms with E-state index in [-0.39, 0.29) is 0 Å². The highest BCUT2D eigenvalue weighted by Crippen LogP contribution is 2.25. The third kappa shape index (κ3) is 3.11. The van der Waals surface area contributed by atoms with E-state index < -0.39 is 0 Å². The zero-order chi connectivity index (χ0) is 12.1. The van der Waals surface area contributed by atoms with Gasteiger partial charge >= 0.3 is 0 Å². The van der Waals surface area contributed by atoms with Gasteiger partial charge in [-0.1, -0.05) is 19.4 Å². The standard InChI is InChI=1S/C14H23N3/c1-3-6-12-9-10-17(11-12)14-8-5-7-13(16-14)15-4-2/h5,7-8,12H,3-4,6,9-11H2,1-2H3,(H,15,16). The lowest BCUT2D eigenvalue weighted by molar-refractivity contribution is 0.529. The van der Waals surface area contributed by atoms with Crippen molar-refractivity contribution >= 4 is 11.6 Å². The van der Waals surface area contributed by atoms with Crippen LogP contribution < -0.4 is 10.2 Å². The van der Waals surface area contributed by atoms with Crippen LogP contribution in [-0.2, 0) is 0 Å². The Morgan fingerprint density at radius 3 is 3.06 bits per heavy atom. The minimum atomic E-state index is 0.865. The minimum absolute atomic E-state index is 0.865. The summed E-state index contributed by atoms with van der Waals surface area (Å²) in [6.07, 6.45) is 3.97. The minimum Gasteiger partial charge on any atom is -0.370 e. The molecular formula is C14H23N3. The van der Waals surface area contributed by atoms with Crippen LogP contribution in [0.3, 0.4) is 0 Å². The highest BCUT2D eigenvalue weighted by molar-refractivity contribution is 5.47. The van der Waals surface area contributed by atoms with Gasteiger partial charge in [-0.25, -0.2) is 4.98 Å². The van der Waals surface area contributed by atoms with Gasteiger partial charge in [-0.2, -0.15) is 0 Å². The highest BCUT2D eigenvalue weighted by Gasteiger charge is 2.22. The molecule has 1 N–H and O–H groups in total. The van der Waals surface area contributed by atoms with E-state index in [1.807, 2.05) is 6.07 Å². The molecule has 1 aliphatic heterocycles. The van der Waals surface area contributed by atoms with Gasteiger partial charge in [-0.15, -0.1) is 0 Å². The Bertz CT molecular complexity index is 351. The van der Waals surface area contributed by atoms with Crippen molar-refractivity contribution in [3.05, 3.63) is 18.2 Å². The predicted octanol–water partition coefficient (Wildman–Crippen LogP) is 3.14. The van der Waals surface area contributed by atoms with Crippen molar-refractivity contribution in [1.29, 1.82) is 0 Å². The van der Waals surface area contributed by atoms with Crippen molar-refractivity contribution in [2.45, 2.75) is 33.1 Å². The maximum Gasteiger partial charge on any atom is 0.130 e. The number of nitrogens with one attached hydrogen (secondary N) is 1. The number of hydrogen-bond acceptors (Lipinski definition) is 3. The summed E-state index contributed by atoms with van der Waals surface area (Å²) >= 11 is 0. The van der Waals surface area contributed by atoms with Crippen molar-refractivity contribution in [2.24, 2.45) is 5.92 Å². The van der Waals surface area contributed by atoms with Crippen LogP contribution in [0.2, 0.25) is 0 Å². The Hall–Kier alpha value is -1.25. The number of rotatable bonds is 5. The maximum absolute atomic E-state index is 4.65. The summed E-state index contributed by atoms with van der Waals surface area (Å²) in [5.74, 6) is 2.98. The van der Waals surface area contributed by atoms with Crippen LogP contribution in [0.4, 0.5) is 11.6 Å². The Kier molecular flexibility index (Phi) is 4.24. The fraction of sp³-hybridized carbons (Fsp3) is 0.643. The van der Waals surface area contributed by atoms with Gasteiger partial charge in [0.15, 0.2) is 0 Å². The maximum atomic E-state index is 4.65. The second-order valence-electron chi connectivity index (χ2n) is 4.80. The van der Waals surface area contributed by atoms with Crippen molar-refractivity contribution in [3.63, 3.8) is 0 Å². The van der Waals surface area contributed by atoms with E-state index in [0.717, 1.165) is 30.6 Å². The number of anilines is 2. The molecular weight excluding hydrogens is 210 g/mol. The summed E-state index contributed by atoms with van der Waals surface area (Å²) in [5, 5.41) is 3.27. The molecule has 0 amide bonds. The third-order valence-corrected chi connectivity index (χ3v) is 3.40. The van der Waals surface area contributed by atoms with E-state index in [1.54, 1.807) is 0 Å². The second-order valence-corrected chi connectivity index (χ2v) is 4.80. The van der Waals surface area contributed by atoms with Gasteiger partial charge in [0.25, 0.3) is 0 Å². The largest absolute Gasteiger partial charge is 0.370 e. The van der Waals surface area contributed by atoms with E-state index in [1.165, 1.54) is 25.8 Å². The molecule has 2 heterocycles. The first kappa shape index (κ1) is 12.2. The fourth-order valence-corrected chi connectivity index (χ4v) is 2.56. The molecule has 0 aromatic carbocycles. The Labute approximate surface area is 104 Å². The molecule has 3 nitrogen and oxygen atoms in total. The van der Waals surface area contributed by atoms with Crippen LogP contribution in [0.1, 0.15) is 33.1 Å². The molecule has 0 bridgehead atoms. The lowest BCUT2D eigenvalue weighted by Gasteiger charge is -2.18. The smallest absolute Gasteiger partial charge is 0.130 e. The van der Waals surface area contributed by atoms with Gasteiger partial charge in [-0.05, 0) is 37.8 Å². The number of nitrogens with zero attached hydrogens (tertiary/aromatic N) is 2. The SMILES string of the molecule is CCCC1CCN(c2cccc(NCC)n2)C1. The van der Waals surface area contributed by atoms with Crippen LogP contribution in [0.25, 0.3) is 0 Å². The average molecular weight is 233 g/mol. The Balaban J connectivity index is 2.00. The molecule has 1 saturated heterocycles. The second kappa shape index (κ2) is 5.89. The Morgan fingerprint density at radius 2 is 2.29 bits per heavy atom. The van der Waals surface area contributed by atoms with E-state index in [9.17, 15) is 0 Å². The Morgan fingerprint density at radius 1 is 1.41 bits per heavy atom. The molecule has 1 aromatic rings. The third-order valence-electron chi connectivity index (χ3n) is 3.40. The normalized spacial score (nSPS) is 19.6. The zero-order valence-electron chi connectivity index (χ0n) is 10.9. The highest BCUT2D eigenvalue weighted by atomic mass is 15.2. The van der Waals surface area contributed by atoms with Crippen LogP contribution in [0, 0.1) is 5.92 Å². The first-order chi connectivity index (χ1) is 8.33. The zero-order valence-corrected chi connectivity index (χ0v) is 10.9. The first-order valence-corrected chi connectivity index (χ1v) is 6.79. The summed E-state index contributed by atoms with van der Waals surface area (Å²) in [5.41, 5.74) is 0. The molecule has 94 valence electrons. The topological polar surface area (TPSA) is 28.2 Å². The molecule has 1 aromatic heterocycles. The molecule has 0 aliphatic carbocycles. The molecule has 17 heavy (non-hydrogen) atoms. The molecule has 3 heteroatoms. The monoisotopic (exact) mass is 233 g/mol. The molecule has 1 unspecified atom stereocenters. The van der Waals surface area contributed by atoms with Gasteiger partial charge in [0.05, 0.1) is 0 Å². The van der Waals surface area contributed by atoms with Crippen molar-refractivity contribution in [3.8, 4) is 0 Å². The van der Waals surface area contributed by atoms with Gasteiger partial charge in [0, 0.05) is 19.6 Å². The molecule has 1 atom stereocenters. The lowest BCUT2D eigenvalue weighted by Crippen LogP contribution is -2.21. The van der Waals surface area contributed by atoms with Gasteiger partial charge < -0.3 is 10.2 Å². The fourth-order valence-electron chi connectivity index (χ4n) is 2.56.